The molecule has 0 saturated heterocycles. The van der Waals surface area contributed by atoms with Gasteiger partial charge in [-0.05, 0) is 19.1 Å². The number of halogens is 1. The van der Waals surface area contributed by atoms with Crippen molar-refractivity contribution in [3.8, 4) is 11.4 Å². The summed E-state index contributed by atoms with van der Waals surface area (Å²) in [7, 11) is 1.92. The average molecular weight is 250 g/mol. The van der Waals surface area contributed by atoms with Gasteiger partial charge in [0.25, 0.3) is 0 Å². The Kier molecular flexibility index (Phi) is 2.31. The van der Waals surface area contributed by atoms with Crippen LogP contribution in [0.25, 0.3) is 11.4 Å². The van der Waals surface area contributed by atoms with Crippen LogP contribution in [0.5, 0.6) is 0 Å². The van der Waals surface area contributed by atoms with Crippen LogP contribution in [0.2, 0.25) is 5.02 Å². The van der Waals surface area contributed by atoms with Gasteiger partial charge in [-0.15, -0.1) is 5.10 Å². The number of aromatic nitrogens is 3. The van der Waals surface area contributed by atoms with E-state index >= 15 is 0 Å². The summed E-state index contributed by atoms with van der Waals surface area (Å²) in [5.41, 5.74) is 4.05. The second kappa shape index (κ2) is 3.72. The number of anilines is 1. The number of nitrogens with zero attached hydrogens (tertiary/aromatic N) is 4. The molecule has 17 heavy (non-hydrogen) atoms. The highest BCUT2D eigenvalue weighted by atomic mass is 35.5. The molecule has 3 rings (SSSR count). The lowest BCUT2D eigenvalue weighted by Crippen LogP contribution is -2.30. The molecule has 1 N–H and O–H groups in total. The van der Waals surface area contributed by atoms with Crippen molar-refractivity contribution in [1.82, 2.24) is 20.2 Å². The first-order chi connectivity index (χ1) is 8.16. The molecule has 0 amide bonds. The van der Waals surface area contributed by atoms with E-state index in [9.17, 15) is 0 Å². The smallest absolute Gasteiger partial charge is 0.240 e. The molecule has 0 saturated carbocycles. The number of hydrogen-bond donors (Lipinski definition) is 1. The highest BCUT2D eigenvalue weighted by molar-refractivity contribution is 6.33. The van der Waals surface area contributed by atoms with Crippen molar-refractivity contribution in [2.24, 2.45) is 0 Å². The number of rotatable bonds is 1. The zero-order chi connectivity index (χ0) is 12.0. The SMILES string of the molecule is CC1NN(C)c2nc(-c3ccccc3Cl)nn21. The van der Waals surface area contributed by atoms with E-state index in [0.29, 0.717) is 10.8 Å². The molecule has 1 aliphatic heterocycles. The van der Waals surface area contributed by atoms with Crippen LogP contribution in [0.3, 0.4) is 0 Å². The lowest BCUT2D eigenvalue weighted by Gasteiger charge is -2.09. The summed E-state index contributed by atoms with van der Waals surface area (Å²) < 4.78 is 1.85. The normalized spacial score (nSPS) is 18.5. The van der Waals surface area contributed by atoms with E-state index in [1.807, 2.05) is 47.9 Å². The second-order valence-electron chi connectivity index (χ2n) is 4.02. The molecule has 0 bridgehead atoms. The van der Waals surface area contributed by atoms with Gasteiger partial charge in [-0.3, -0.25) is 5.01 Å². The first-order valence-electron chi connectivity index (χ1n) is 5.38. The molecule has 1 aromatic heterocycles. The number of fused-ring (bicyclic) bond motifs is 1. The third kappa shape index (κ3) is 1.59. The number of hydrogen-bond acceptors (Lipinski definition) is 4. The molecule has 0 fully saturated rings. The Labute approximate surface area is 104 Å². The van der Waals surface area contributed by atoms with E-state index in [1.165, 1.54) is 0 Å². The minimum Gasteiger partial charge on any atom is -0.277 e. The number of benzene rings is 1. The summed E-state index contributed by atoms with van der Waals surface area (Å²) in [6, 6.07) is 7.59. The van der Waals surface area contributed by atoms with Crippen molar-refractivity contribution >= 4 is 17.5 Å². The van der Waals surface area contributed by atoms with Gasteiger partial charge in [0.2, 0.25) is 5.95 Å². The molecule has 6 heteroatoms. The molecule has 5 nitrogen and oxygen atoms in total. The monoisotopic (exact) mass is 249 g/mol. The Morgan fingerprint density at radius 2 is 2.12 bits per heavy atom. The topological polar surface area (TPSA) is 46.0 Å². The molecular weight excluding hydrogens is 238 g/mol. The molecule has 0 spiro atoms. The van der Waals surface area contributed by atoms with Crippen LogP contribution in [0.15, 0.2) is 24.3 Å². The third-order valence-corrected chi connectivity index (χ3v) is 3.10. The van der Waals surface area contributed by atoms with Gasteiger partial charge in [0.15, 0.2) is 5.82 Å². The van der Waals surface area contributed by atoms with Gasteiger partial charge in [0.1, 0.15) is 6.17 Å². The Balaban J connectivity index is 2.10. The summed E-state index contributed by atoms with van der Waals surface area (Å²) in [6.07, 6.45) is 0.110. The predicted octanol–water partition coefficient (Wildman–Crippen LogP) is 2.07. The highest BCUT2D eigenvalue weighted by Gasteiger charge is 2.26. The van der Waals surface area contributed by atoms with E-state index in [0.717, 1.165) is 11.5 Å². The lowest BCUT2D eigenvalue weighted by atomic mass is 10.2. The van der Waals surface area contributed by atoms with Gasteiger partial charge in [-0.25, -0.2) is 10.1 Å². The molecule has 1 atom stereocenters. The zero-order valence-corrected chi connectivity index (χ0v) is 10.3. The average Bonchev–Trinajstić information content (AvgIpc) is 2.83. The van der Waals surface area contributed by atoms with Crippen LogP contribution in [0, 0.1) is 0 Å². The molecule has 2 heterocycles. The molecule has 2 aromatic rings. The molecule has 1 unspecified atom stereocenters. The number of hydrazine groups is 1. The fourth-order valence-corrected chi connectivity index (χ4v) is 2.17. The summed E-state index contributed by atoms with van der Waals surface area (Å²) in [5, 5.41) is 7.00. The predicted molar refractivity (Wildman–Crippen MR) is 66.7 cm³/mol. The Morgan fingerprint density at radius 3 is 2.82 bits per heavy atom. The Morgan fingerprint density at radius 1 is 1.35 bits per heavy atom. The largest absolute Gasteiger partial charge is 0.277 e. The molecule has 0 radical (unpaired) electrons. The van der Waals surface area contributed by atoms with Gasteiger partial charge in [0, 0.05) is 12.6 Å². The van der Waals surface area contributed by atoms with Crippen LogP contribution < -0.4 is 10.4 Å². The summed E-state index contributed by atoms with van der Waals surface area (Å²) in [5.74, 6) is 1.46. The second-order valence-corrected chi connectivity index (χ2v) is 4.43. The highest BCUT2D eigenvalue weighted by Crippen LogP contribution is 2.29. The fourth-order valence-electron chi connectivity index (χ4n) is 1.95. The first kappa shape index (κ1) is 10.6. The van der Waals surface area contributed by atoms with Crippen molar-refractivity contribution in [1.29, 1.82) is 0 Å². The molecule has 88 valence electrons. The molecule has 1 aliphatic rings. The van der Waals surface area contributed by atoms with Crippen LogP contribution >= 0.6 is 11.6 Å². The molecular formula is C11H12ClN5. The summed E-state index contributed by atoms with van der Waals surface area (Å²) in [6.45, 7) is 2.03. The Hall–Kier alpha value is -1.59. The maximum absolute atomic E-state index is 6.14. The van der Waals surface area contributed by atoms with E-state index < -0.39 is 0 Å². The Bertz CT molecular complexity index is 539. The lowest BCUT2D eigenvalue weighted by molar-refractivity contribution is 0.465. The summed E-state index contributed by atoms with van der Waals surface area (Å²) >= 11 is 6.14. The van der Waals surface area contributed by atoms with Crippen molar-refractivity contribution < 1.29 is 0 Å². The van der Waals surface area contributed by atoms with Gasteiger partial charge in [-0.1, -0.05) is 23.7 Å². The number of nitrogens with one attached hydrogen (secondary N) is 1. The van der Waals surface area contributed by atoms with Gasteiger partial charge in [-0.2, -0.15) is 4.98 Å². The minimum absolute atomic E-state index is 0.110. The standard InChI is InChI=1S/C11H12ClN5/c1-7-14-16(2)11-13-10(15-17(7)11)8-5-3-4-6-9(8)12/h3-7,14H,1-2H3. The van der Waals surface area contributed by atoms with Gasteiger partial charge in [0.05, 0.1) is 5.02 Å². The molecule has 0 aliphatic carbocycles. The van der Waals surface area contributed by atoms with E-state index in [1.54, 1.807) is 0 Å². The fraction of sp³-hybridized carbons (Fsp3) is 0.273. The zero-order valence-electron chi connectivity index (χ0n) is 9.55. The van der Waals surface area contributed by atoms with E-state index in [4.69, 9.17) is 11.6 Å². The quantitative estimate of drug-likeness (QED) is 0.841. The van der Waals surface area contributed by atoms with Crippen molar-refractivity contribution in [2.75, 3.05) is 12.1 Å². The van der Waals surface area contributed by atoms with E-state index in [2.05, 4.69) is 15.5 Å². The van der Waals surface area contributed by atoms with Crippen molar-refractivity contribution in [3.63, 3.8) is 0 Å². The van der Waals surface area contributed by atoms with Gasteiger partial charge < -0.3 is 0 Å². The van der Waals surface area contributed by atoms with E-state index in [-0.39, 0.29) is 6.17 Å². The van der Waals surface area contributed by atoms with Crippen LogP contribution in [0.4, 0.5) is 5.95 Å². The van der Waals surface area contributed by atoms with Crippen molar-refractivity contribution in [3.05, 3.63) is 29.3 Å². The van der Waals surface area contributed by atoms with Gasteiger partial charge >= 0.3 is 0 Å². The first-order valence-corrected chi connectivity index (χ1v) is 5.76. The van der Waals surface area contributed by atoms with Crippen LogP contribution in [0.1, 0.15) is 13.1 Å². The summed E-state index contributed by atoms with van der Waals surface area (Å²) in [4.78, 5) is 4.48. The van der Waals surface area contributed by atoms with Crippen LogP contribution in [-0.4, -0.2) is 21.8 Å². The molecule has 1 aromatic carbocycles. The maximum atomic E-state index is 6.14. The van der Waals surface area contributed by atoms with Crippen molar-refractivity contribution in [2.45, 2.75) is 13.1 Å². The maximum Gasteiger partial charge on any atom is 0.240 e. The van der Waals surface area contributed by atoms with Crippen LogP contribution in [-0.2, 0) is 0 Å². The third-order valence-electron chi connectivity index (χ3n) is 2.78. The minimum atomic E-state index is 0.110.